The second-order valence-corrected chi connectivity index (χ2v) is 11.1. The molecule has 11 heteroatoms. The lowest BCUT2D eigenvalue weighted by Gasteiger charge is -2.39. The predicted molar refractivity (Wildman–Crippen MR) is 158 cm³/mol. The summed E-state index contributed by atoms with van der Waals surface area (Å²) < 4.78 is 20.7. The summed E-state index contributed by atoms with van der Waals surface area (Å²) in [7, 11) is 1.57. The molecule has 0 N–H and O–H groups in total. The Kier molecular flexibility index (Phi) is 9.43. The van der Waals surface area contributed by atoms with E-state index in [1.165, 1.54) is 28.8 Å². The maximum absolute atomic E-state index is 13.5. The summed E-state index contributed by atoms with van der Waals surface area (Å²) >= 11 is 6.68. The first kappa shape index (κ1) is 28.8. The van der Waals surface area contributed by atoms with Gasteiger partial charge in [0, 0.05) is 51.1 Å². The molecule has 2 aromatic rings. The molecule has 0 bridgehead atoms. The number of nitrogens with zero attached hydrogens (tertiary/aromatic N) is 5. The number of pyridine rings is 1. The molecule has 1 aromatic heterocycles. The SMILES string of the molecule is CCCCn1c(N2CCN(c3ccc(F)cc3)CC2)c(/C=C2/SC(=S)N(CCOC)C2=O)c(C)c(C#N)c1=O. The Hall–Kier alpha value is -3.20. The number of unbranched alkanes of at least 4 members (excludes halogenated alkanes) is 1. The lowest BCUT2D eigenvalue weighted by molar-refractivity contribution is -0.122. The van der Waals surface area contributed by atoms with Crippen molar-refractivity contribution >= 4 is 51.8 Å². The summed E-state index contributed by atoms with van der Waals surface area (Å²) in [6.45, 7) is 7.58. The second-order valence-electron chi connectivity index (χ2n) is 9.44. The van der Waals surface area contributed by atoms with E-state index in [0.29, 0.717) is 72.0 Å². The van der Waals surface area contributed by atoms with Gasteiger partial charge < -0.3 is 14.5 Å². The summed E-state index contributed by atoms with van der Waals surface area (Å²) in [4.78, 5) is 33.1. The van der Waals surface area contributed by atoms with Crippen molar-refractivity contribution in [3.05, 3.63) is 62.0 Å². The van der Waals surface area contributed by atoms with Gasteiger partial charge in [-0.25, -0.2) is 4.39 Å². The van der Waals surface area contributed by atoms with Gasteiger partial charge in [-0.05, 0) is 49.2 Å². The molecule has 0 unspecified atom stereocenters. The van der Waals surface area contributed by atoms with E-state index >= 15 is 0 Å². The van der Waals surface area contributed by atoms with Crippen LogP contribution in [0.25, 0.3) is 6.08 Å². The number of rotatable bonds is 9. The van der Waals surface area contributed by atoms with Crippen LogP contribution in [0.4, 0.5) is 15.9 Å². The Bertz CT molecular complexity index is 1380. The number of amides is 1. The summed E-state index contributed by atoms with van der Waals surface area (Å²) in [5, 5.41) is 9.90. The first-order valence-electron chi connectivity index (χ1n) is 13.0. The number of hydrogen-bond donors (Lipinski definition) is 0. The van der Waals surface area contributed by atoms with E-state index < -0.39 is 0 Å². The topological polar surface area (TPSA) is 81.8 Å². The Labute approximate surface area is 237 Å². The van der Waals surface area contributed by atoms with Gasteiger partial charge in [-0.3, -0.25) is 19.1 Å². The van der Waals surface area contributed by atoms with E-state index in [9.17, 15) is 19.2 Å². The molecule has 3 heterocycles. The van der Waals surface area contributed by atoms with Crippen LogP contribution in [0.3, 0.4) is 0 Å². The normalized spacial score (nSPS) is 16.9. The quantitative estimate of drug-likeness (QED) is 0.329. The van der Waals surface area contributed by atoms with E-state index in [2.05, 4.69) is 22.8 Å². The smallest absolute Gasteiger partial charge is 0.270 e. The Balaban J connectivity index is 1.77. The van der Waals surface area contributed by atoms with Crippen molar-refractivity contribution in [2.24, 2.45) is 0 Å². The van der Waals surface area contributed by atoms with Crippen LogP contribution >= 0.6 is 24.0 Å². The van der Waals surface area contributed by atoms with E-state index in [-0.39, 0.29) is 22.8 Å². The molecule has 206 valence electrons. The van der Waals surface area contributed by atoms with Crippen LogP contribution in [-0.2, 0) is 16.1 Å². The molecule has 0 aliphatic carbocycles. The molecule has 0 spiro atoms. The molecule has 1 amide bonds. The van der Waals surface area contributed by atoms with Gasteiger partial charge >= 0.3 is 0 Å². The molecular formula is C28H32FN5O3S2. The molecule has 0 radical (unpaired) electrons. The molecule has 4 rings (SSSR count). The molecule has 2 saturated heterocycles. The van der Waals surface area contributed by atoms with E-state index in [4.69, 9.17) is 17.0 Å². The molecule has 2 fully saturated rings. The van der Waals surface area contributed by atoms with Crippen LogP contribution in [0.2, 0.25) is 0 Å². The summed E-state index contributed by atoms with van der Waals surface area (Å²) in [6, 6.07) is 8.55. The minimum Gasteiger partial charge on any atom is -0.383 e. The van der Waals surface area contributed by atoms with Gasteiger partial charge in [0.1, 0.15) is 27.6 Å². The van der Waals surface area contributed by atoms with Crippen LogP contribution in [0, 0.1) is 24.1 Å². The number of hydrogen-bond acceptors (Lipinski definition) is 8. The zero-order valence-electron chi connectivity index (χ0n) is 22.4. The molecule has 0 saturated carbocycles. The minimum atomic E-state index is -0.316. The van der Waals surface area contributed by atoms with Crippen LogP contribution in [0.15, 0.2) is 34.0 Å². The van der Waals surface area contributed by atoms with Gasteiger partial charge in [-0.1, -0.05) is 37.3 Å². The molecule has 39 heavy (non-hydrogen) atoms. The van der Waals surface area contributed by atoms with Gasteiger partial charge in [0.05, 0.1) is 18.1 Å². The lowest BCUT2D eigenvalue weighted by atomic mass is 10.0. The van der Waals surface area contributed by atoms with Crippen molar-refractivity contribution in [3.8, 4) is 6.07 Å². The molecule has 2 aliphatic heterocycles. The van der Waals surface area contributed by atoms with Gasteiger partial charge in [0.15, 0.2) is 0 Å². The molecule has 8 nitrogen and oxygen atoms in total. The average Bonchev–Trinajstić information content (AvgIpc) is 3.20. The zero-order chi connectivity index (χ0) is 28.1. The zero-order valence-corrected chi connectivity index (χ0v) is 24.0. The first-order valence-corrected chi connectivity index (χ1v) is 14.2. The maximum atomic E-state index is 13.5. The minimum absolute atomic E-state index is 0.0842. The van der Waals surface area contributed by atoms with E-state index in [1.807, 2.05) is 0 Å². The van der Waals surface area contributed by atoms with Gasteiger partial charge in [0.2, 0.25) is 0 Å². The number of methoxy groups -OCH3 is 1. The highest BCUT2D eigenvalue weighted by Gasteiger charge is 2.33. The van der Waals surface area contributed by atoms with Crippen molar-refractivity contribution in [2.45, 2.75) is 33.2 Å². The third-order valence-corrected chi connectivity index (χ3v) is 8.40. The number of ether oxygens (including phenoxy) is 1. The largest absolute Gasteiger partial charge is 0.383 e. The number of benzene rings is 1. The standard InChI is InChI=1S/C28H32FN5O3S2/c1-4-5-10-33-25(32-13-11-31(12-14-32)21-8-6-20(29)7-9-21)22(19(2)23(18-30)26(33)35)17-24-27(36)34(15-16-37-3)28(38)39-24/h6-9,17H,4-5,10-16H2,1-3H3/b24-17+. The van der Waals surface area contributed by atoms with E-state index in [0.717, 1.165) is 18.5 Å². The van der Waals surface area contributed by atoms with Gasteiger partial charge in [-0.15, -0.1) is 0 Å². The Morgan fingerprint density at radius 3 is 2.41 bits per heavy atom. The number of carbonyl (C=O) groups is 1. The third-order valence-electron chi connectivity index (χ3n) is 7.02. The highest BCUT2D eigenvalue weighted by atomic mass is 32.2. The molecule has 0 atom stereocenters. The van der Waals surface area contributed by atoms with Crippen molar-refractivity contribution in [1.29, 1.82) is 5.26 Å². The maximum Gasteiger partial charge on any atom is 0.270 e. The highest BCUT2D eigenvalue weighted by molar-refractivity contribution is 8.26. The number of aromatic nitrogens is 1. The number of piperazine rings is 1. The molecule has 1 aromatic carbocycles. The fraction of sp³-hybridized carbons (Fsp3) is 0.429. The summed E-state index contributed by atoms with van der Waals surface area (Å²) in [6.07, 6.45) is 3.44. The predicted octanol–water partition coefficient (Wildman–Crippen LogP) is 4.14. The number of thioether (sulfide) groups is 1. The van der Waals surface area contributed by atoms with Gasteiger partial charge in [-0.2, -0.15) is 5.26 Å². The Morgan fingerprint density at radius 1 is 1.13 bits per heavy atom. The van der Waals surface area contributed by atoms with Crippen LogP contribution in [-0.4, -0.2) is 66.1 Å². The van der Waals surface area contributed by atoms with Crippen LogP contribution in [0.1, 0.15) is 36.5 Å². The van der Waals surface area contributed by atoms with Crippen LogP contribution < -0.4 is 15.4 Å². The van der Waals surface area contributed by atoms with Crippen molar-refractivity contribution in [2.75, 3.05) is 56.2 Å². The van der Waals surface area contributed by atoms with Crippen molar-refractivity contribution in [3.63, 3.8) is 0 Å². The van der Waals surface area contributed by atoms with Crippen LogP contribution in [0.5, 0.6) is 0 Å². The van der Waals surface area contributed by atoms with Gasteiger partial charge in [0.25, 0.3) is 11.5 Å². The average molecular weight is 570 g/mol. The number of halogens is 1. The summed E-state index contributed by atoms with van der Waals surface area (Å²) in [5.41, 5.74) is 1.94. The van der Waals surface area contributed by atoms with E-state index in [1.54, 1.807) is 36.8 Å². The number of anilines is 2. The summed E-state index contributed by atoms with van der Waals surface area (Å²) in [5.74, 6) is 0.229. The second kappa shape index (κ2) is 12.8. The Morgan fingerprint density at radius 2 is 1.79 bits per heavy atom. The van der Waals surface area contributed by atoms with Crippen molar-refractivity contribution in [1.82, 2.24) is 9.47 Å². The third kappa shape index (κ3) is 6.03. The fourth-order valence-electron chi connectivity index (χ4n) is 4.84. The number of nitriles is 1. The number of carbonyl (C=O) groups excluding carboxylic acids is 1. The molecular weight excluding hydrogens is 537 g/mol. The monoisotopic (exact) mass is 569 g/mol. The fourth-order valence-corrected chi connectivity index (χ4v) is 6.13. The first-order chi connectivity index (χ1) is 18.8. The lowest BCUT2D eigenvalue weighted by Crippen LogP contribution is -2.48. The van der Waals surface area contributed by atoms with Crippen molar-refractivity contribution < 1.29 is 13.9 Å². The molecule has 2 aliphatic rings. The number of thiocarbonyl (C=S) groups is 1. The highest BCUT2D eigenvalue weighted by Crippen LogP contribution is 2.36.